The fourth-order valence-corrected chi connectivity index (χ4v) is 3.37. The summed E-state index contributed by atoms with van der Waals surface area (Å²) >= 11 is 0. The van der Waals surface area contributed by atoms with E-state index in [1.165, 1.54) is 50.5 Å². The van der Waals surface area contributed by atoms with E-state index in [0.717, 1.165) is 0 Å². The Balaban J connectivity index is 1.54. The lowest BCUT2D eigenvalue weighted by molar-refractivity contribution is -0.151. The first-order valence-electron chi connectivity index (χ1n) is 10.0. The first-order valence-corrected chi connectivity index (χ1v) is 10.0. The summed E-state index contributed by atoms with van der Waals surface area (Å²) < 4.78 is 20.2. The summed E-state index contributed by atoms with van der Waals surface area (Å²) in [5.74, 6) is -1.64. The van der Waals surface area contributed by atoms with Crippen LogP contribution in [0, 0.1) is 5.92 Å². The monoisotopic (exact) mass is 456 g/mol. The van der Waals surface area contributed by atoms with Gasteiger partial charge in [-0.1, -0.05) is 0 Å². The zero-order chi connectivity index (χ0) is 24.0. The SMILES string of the molecule is COC(=O)c1ccc(NC(=O)COC(=O)[C@@H]2CC(=O)N(c3ccc(OC)cc3OC)C2)cc1. The number of carbonyl (C=O) groups excluding carboxylic acids is 4. The summed E-state index contributed by atoms with van der Waals surface area (Å²) in [7, 11) is 4.28. The lowest BCUT2D eigenvalue weighted by Gasteiger charge is -2.20. The molecule has 1 N–H and O–H groups in total. The lowest BCUT2D eigenvalue weighted by Crippen LogP contribution is -2.28. The highest BCUT2D eigenvalue weighted by molar-refractivity contribution is 6.01. The van der Waals surface area contributed by atoms with E-state index in [1.54, 1.807) is 18.2 Å². The summed E-state index contributed by atoms with van der Waals surface area (Å²) in [6, 6.07) is 11.1. The summed E-state index contributed by atoms with van der Waals surface area (Å²) in [6.45, 7) is -0.398. The quantitative estimate of drug-likeness (QED) is 0.599. The van der Waals surface area contributed by atoms with Crippen LogP contribution >= 0.6 is 0 Å². The topological polar surface area (TPSA) is 120 Å². The standard InChI is InChI=1S/C23H24N2O8/c1-30-17-8-9-18(19(11-17)31-2)25-12-15(10-21(25)27)23(29)33-13-20(26)24-16-6-4-14(5-7-16)22(28)32-3/h4-9,11,15H,10,12-13H2,1-3H3,(H,24,26)/t15-/m1/s1. The van der Waals surface area contributed by atoms with Gasteiger partial charge in [-0.05, 0) is 36.4 Å². The van der Waals surface area contributed by atoms with Crippen LogP contribution in [0.25, 0.3) is 0 Å². The summed E-state index contributed by atoms with van der Waals surface area (Å²) in [5, 5.41) is 2.57. The second-order valence-electron chi connectivity index (χ2n) is 7.17. The van der Waals surface area contributed by atoms with E-state index in [2.05, 4.69) is 10.1 Å². The van der Waals surface area contributed by atoms with Crippen molar-refractivity contribution in [2.45, 2.75) is 6.42 Å². The molecule has 2 aromatic rings. The predicted molar refractivity (Wildman–Crippen MR) is 117 cm³/mol. The Kier molecular flexibility index (Phi) is 7.50. The van der Waals surface area contributed by atoms with Crippen molar-refractivity contribution >= 4 is 35.1 Å². The maximum Gasteiger partial charge on any atom is 0.337 e. The van der Waals surface area contributed by atoms with E-state index >= 15 is 0 Å². The van der Waals surface area contributed by atoms with Crippen LogP contribution in [0.5, 0.6) is 11.5 Å². The molecule has 2 amide bonds. The van der Waals surface area contributed by atoms with Gasteiger partial charge in [0.2, 0.25) is 5.91 Å². The van der Waals surface area contributed by atoms with Crippen LogP contribution in [0.2, 0.25) is 0 Å². The van der Waals surface area contributed by atoms with Crippen LogP contribution in [-0.4, -0.2) is 58.2 Å². The number of carbonyl (C=O) groups is 4. The highest BCUT2D eigenvalue weighted by atomic mass is 16.5. The Bertz CT molecular complexity index is 1050. The van der Waals surface area contributed by atoms with Gasteiger partial charge in [-0.3, -0.25) is 14.4 Å². The number of ether oxygens (including phenoxy) is 4. The molecule has 0 saturated carbocycles. The molecular weight excluding hydrogens is 432 g/mol. The van der Waals surface area contributed by atoms with Gasteiger partial charge in [-0.25, -0.2) is 4.79 Å². The second kappa shape index (κ2) is 10.5. The number of hydrogen-bond donors (Lipinski definition) is 1. The first-order chi connectivity index (χ1) is 15.9. The molecule has 0 spiro atoms. The molecule has 10 nitrogen and oxygen atoms in total. The molecule has 0 aliphatic carbocycles. The molecule has 0 radical (unpaired) electrons. The minimum absolute atomic E-state index is 0.0371. The predicted octanol–water partition coefficient (Wildman–Crippen LogP) is 2.03. The molecule has 1 aliphatic rings. The third-order valence-electron chi connectivity index (χ3n) is 5.07. The Morgan fingerprint density at radius 2 is 1.76 bits per heavy atom. The molecule has 10 heteroatoms. The van der Waals surface area contributed by atoms with Crippen LogP contribution in [-0.2, 0) is 23.9 Å². The van der Waals surface area contributed by atoms with E-state index in [1.807, 2.05) is 0 Å². The number of nitrogens with one attached hydrogen (secondary N) is 1. The van der Waals surface area contributed by atoms with Crippen molar-refractivity contribution in [3.8, 4) is 11.5 Å². The third-order valence-corrected chi connectivity index (χ3v) is 5.07. The van der Waals surface area contributed by atoms with Crippen molar-refractivity contribution in [3.63, 3.8) is 0 Å². The molecule has 1 atom stereocenters. The fourth-order valence-electron chi connectivity index (χ4n) is 3.37. The van der Waals surface area contributed by atoms with Crippen molar-refractivity contribution in [1.82, 2.24) is 0 Å². The molecular formula is C23H24N2O8. The molecule has 1 fully saturated rings. The van der Waals surface area contributed by atoms with Gasteiger partial charge >= 0.3 is 11.9 Å². The van der Waals surface area contributed by atoms with E-state index in [0.29, 0.717) is 28.4 Å². The number of benzene rings is 2. The fraction of sp³-hybridized carbons (Fsp3) is 0.304. The van der Waals surface area contributed by atoms with Crippen LogP contribution in [0.3, 0.4) is 0 Å². The van der Waals surface area contributed by atoms with Crippen LogP contribution in [0.4, 0.5) is 11.4 Å². The zero-order valence-corrected chi connectivity index (χ0v) is 18.5. The molecule has 1 heterocycles. The largest absolute Gasteiger partial charge is 0.497 e. The third kappa shape index (κ3) is 5.59. The summed E-state index contributed by atoms with van der Waals surface area (Å²) in [6.07, 6.45) is -0.0371. The van der Waals surface area contributed by atoms with E-state index in [9.17, 15) is 19.2 Å². The Labute approximate surface area is 190 Å². The van der Waals surface area contributed by atoms with Crippen molar-refractivity contribution in [1.29, 1.82) is 0 Å². The second-order valence-corrected chi connectivity index (χ2v) is 7.17. The maximum atomic E-state index is 12.5. The van der Waals surface area contributed by atoms with Gasteiger partial charge in [0, 0.05) is 24.7 Å². The number of methoxy groups -OCH3 is 3. The average Bonchev–Trinajstić information content (AvgIpc) is 3.23. The number of esters is 2. The van der Waals surface area contributed by atoms with Gasteiger partial charge in [0.25, 0.3) is 5.91 Å². The van der Waals surface area contributed by atoms with E-state index < -0.39 is 30.4 Å². The molecule has 1 aliphatic heterocycles. The molecule has 33 heavy (non-hydrogen) atoms. The number of rotatable bonds is 8. The van der Waals surface area contributed by atoms with Crippen molar-refractivity contribution in [2.75, 3.05) is 44.7 Å². The summed E-state index contributed by atoms with van der Waals surface area (Å²) in [5.41, 5.74) is 1.29. The highest BCUT2D eigenvalue weighted by Crippen LogP contribution is 2.36. The molecule has 3 rings (SSSR count). The maximum absolute atomic E-state index is 12.5. The van der Waals surface area contributed by atoms with Crippen LogP contribution in [0.15, 0.2) is 42.5 Å². The zero-order valence-electron chi connectivity index (χ0n) is 18.5. The van der Waals surface area contributed by atoms with Crippen molar-refractivity contribution in [2.24, 2.45) is 5.92 Å². The lowest BCUT2D eigenvalue weighted by atomic mass is 10.1. The van der Waals surface area contributed by atoms with Crippen LogP contribution in [0.1, 0.15) is 16.8 Å². The number of anilines is 2. The van der Waals surface area contributed by atoms with Gasteiger partial charge in [0.1, 0.15) is 11.5 Å². The Hall–Kier alpha value is -4.08. The van der Waals surface area contributed by atoms with E-state index in [4.69, 9.17) is 14.2 Å². The Morgan fingerprint density at radius 3 is 2.39 bits per heavy atom. The van der Waals surface area contributed by atoms with Gasteiger partial charge < -0.3 is 29.2 Å². The first kappa shape index (κ1) is 23.6. The van der Waals surface area contributed by atoms with Crippen LogP contribution < -0.4 is 19.7 Å². The smallest absolute Gasteiger partial charge is 0.337 e. The van der Waals surface area contributed by atoms with Gasteiger partial charge in [0.05, 0.1) is 38.5 Å². The molecule has 0 unspecified atom stereocenters. The highest BCUT2D eigenvalue weighted by Gasteiger charge is 2.37. The number of amides is 2. The minimum Gasteiger partial charge on any atom is -0.497 e. The molecule has 1 saturated heterocycles. The number of nitrogens with zero attached hydrogens (tertiary/aromatic N) is 1. The van der Waals surface area contributed by atoms with Gasteiger partial charge in [-0.2, -0.15) is 0 Å². The summed E-state index contributed by atoms with van der Waals surface area (Å²) in [4.78, 5) is 50.0. The molecule has 174 valence electrons. The van der Waals surface area contributed by atoms with E-state index in [-0.39, 0.29) is 18.9 Å². The molecule has 0 aromatic heterocycles. The average molecular weight is 456 g/mol. The van der Waals surface area contributed by atoms with Gasteiger partial charge in [-0.15, -0.1) is 0 Å². The molecule has 0 bridgehead atoms. The van der Waals surface area contributed by atoms with Crippen molar-refractivity contribution in [3.05, 3.63) is 48.0 Å². The van der Waals surface area contributed by atoms with Crippen molar-refractivity contribution < 1.29 is 38.1 Å². The number of hydrogen-bond acceptors (Lipinski definition) is 8. The normalized spacial score (nSPS) is 15.1. The minimum atomic E-state index is -0.712. The van der Waals surface area contributed by atoms with Gasteiger partial charge in [0.15, 0.2) is 6.61 Å². The Morgan fingerprint density at radius 1 is 1.03 bits per heavy atom. The molecule has 2 aromatic carbocycles.